The van der Waals surface area contributed by atoms with E-state index in [1.807, 2.05) is 6.92 Å². The molecule has 1 N–H and O–H groups in total. The molecule has 1 atom stereocenters. The van der Waals surface area contributed by atoms with E-state index in [1.54, 1.807) is 0 Å². The van der Waals surface area contributed by atoms with Crippen molar-refractivity contribution in [2.24, 2.45) is 11.8 Å². The van der Waals surface area contributed by atoms with Crippen molar-refractivity contribution in [1.29, 1.82) is 0 Å². The van der Waals surface area contributed by atoms with Gasteiger partial charge in [-0.15, -0.1) is 0 Å². The highest BCUT2D eigenvalue weighted by Gasteiger charge is 2.36. The monoisotopic (exact) mass is 324 g/mol. The van der Waals surface area contributed by atoms with Gasteiger partial charge in [-0.25, -0.2) is 0 Å². The van der Waals surface area contributed by atoms with E-state index in [-0.39, 0.29) is 36.6 Å². The molecule has 1 aliphatic rings. The number of carbonyl (C=O) groups is 3. The number of nitrogens with zero attached hydrogens (tertiary/aromatic N) is 1. The molecular formula is C18H32N2O3. The van der Waals surface area contributed by atoms with Crippen molar-refractivity contribution in [3.63, 3.8) is 0 Å². The molecule has 1 saturated heterocycles. The molecular weight excluding hydrogens is 292 g/mol. The predicted molar refractivity (Wildman–Crippen MR) is 90.7 cm³/mol. The van der Waals surface area contributed by atoms with Crippen LogP contribution < -0.4 is 5.32 Å². The number of hydrogen-bond acceptors (Lipinski definition) is 3. The molecule has 0 aromatic rings. The van der Waals surface area contributed by atoms with Crippen molar-refractivity contribution < 1.29 is 14.4 Å². The molecule has 0 radical (unpaired) electrons. The first-order chi connectivity index (χ1) is 11.0. The van der Waals surface area contributed by atoms with Crippen molar-refractivity contribution in [3.8, 4) is 0 Å². The van der Waals surface area contributed by atoms with Crippen molar-refractivity contribution >= 4 is 17.7 Å². The number of nitrogens with one attached hydrogen (secondary N) is 1. The van der Waals surface area contributed by atoms with Gasteiger partial charge in [-0.3, -0.25) is 19.3 Å². The minimum atomic E-state index is -0.184. The third-order valence-electron chi connectivity index (χ3n) is 4.42. The van der Waals surface area contributed by atoms with Crippen molar-refractivity contribution in [3.05, 3.63) is 0 Å². The summed E-state index contributed by atoms with van der Waals surface area (Å²) in [5.41, 5.74) is 0. The quantitative estimate of drug-likeness (QED) is 0.469. The van der Waals surface area contributed by atoms with E-state index in [0.717, 1.165) is 18.8 Å². The van der Waals surface area contributed by atoms with Gasteiger partial charge in [0, 0.05) is 31.8 Å². The Bertz CT molecular complexity index is 407. The normalized spacial score (nSPS) is 18.1. The predicted octanol–water partition coefficient (Wildman–Crippen LogP) is 2.88. The molecule has 0 saturated carbocycles. The van der Waals surface area contributed by atoms with Crippen LogP contribution in [-0.2, 0) is 14.4 Å². The molecule has 0 aliphatic carbocycles. The highest BCUT2D eigenvalue weighted by atomic mass is 16.2. The second-order valence-corrected chi connectivity index (χ2v) is 6.89. The Morgan fingerprint density at radius 3 is 2.52 bits per heavy atom. The first-order valence-electron chi connectivity index (χ1n) is 9.06. The summed E-state index contributed by atoms with van der Waals surface area (Å²) in [7, 11) is 0. The Balaban J connectivity index is 2.09. The highest BCUT2D eigenvalue weighted by Crippen LogP contribution is 2.22. The fourth-order valence-corrected chi connectivity index (χ4v) is 2.87. The molecule has 1 unspecified atom stereocenters. The number of hydrogen-bond donors (Lipinski definition) is 1. The van der Waals surface area contributed by atoms with Gasteiger partial charge in [0.15, 0.2) is 0 Å². The zero-order chi connectivity index (χ0) is 17.2. The van der Waals surface area contributed by atoms with Crippen LogP contribution in [0.4, 0.5) is 0 Å². The number of imide groups is 1. The van der Waals surface area contributed by atoms with Gasteiger partial charge in [0.2, 0.25) is 17.7 Å². The first-order valence-corrected chi connectivity index (χ1v) is 9.06. The van der Waals surface area contributed by atoms with Crippen molar-refractivity contribution in [2.75, 3.05) is 13.1 Å². The van der Waals surface area contributed by atoms with Crippen LogP contribution in [0.1, 0.15) is 72.1 Å². The maximum absolute atomic E-state index is 11.9. The van der Waals surface area contributed by atoms with Gasteiger partial charge in [-0.2, -0.15) is 0 Å². The summed E-state index contributed by atoms with van der Waals surface area (Å²) in [4.78, 5) is 36.7. The van der Waals surface area contributed by atoms with E-state index in [0.29, 0.717) is 19.4 Å². The minimum Gasteiger partial charge on any atom is -0.356 e. The van der Waals surface area contributed by atoms with Gasteiger partial charge in [0.05, 0.1) is 0 Å². The summed E-state index contributed by atoms with van der Waals surface area (Å²) in [6, 6.07) is 0. The van der Waals surface area contributed by atoms with Gasteiger partial charge in [-0.1, -0.05) is 46.5 Å². The molecule has 0 spiro atoms. The van der Waals surface area contributed by atoms with Gasteiger partial charge in [0.1, 0.15) is 0 Å². The van der Waals surface area contributed by atoms with Crippen LogP contribution in [0, 0.1) is 11.8 Å². The van der Waals surface area contributed by atoms with Crippen LogP contribution in [0.5, 0.6) is 0 Å². The second-order valence-electron chi connectivity index (χ2n) is 6.89. The molecule has 1 rings (SSSR count). The summed E-state index contributed by atoms with van der Waals surface area (Å²) < 4.78 is 0. The number of carbonyl (C=O) groups excluding carboxylic acids is 3. The van der Waals surface area contributed by atoms with Crippen LogP contribution in [0.25, 0.3) is 0 Å². The Kier molecular flexibility index (Phi) is 8.89. The molecule has 0 aromatic carbocycles. The summed E-state index contributed by atoms with van der Waals surface area (Å²) in [5.74, 6) is 0.248. The fraction of sp³-hybridized carbons (Fsp3) is 0.833. The molecule has 0 bridgehead atoms. The Labute approximate surface area is 140 Å². The maximum Gasteiger partial charge on any atom is 0.232 e. The van der Waals surface area contributed by atoms with Gasteiger partial charge < -0.3 is 5.32 Å². The lowest BCUT2D eigenvalue weighted by atomic mass is 10.0. The van der Waals surface area contributed by atoms with Crippen LogP contribution >= 0.6 is 0 Å². The number of likely N-dealkylation sites (tertiary alicyclic amines) is 1. The largest absolute Gasteiger partial charge is 0.356 e. The van der Waals surface area contributed by atoms with Gasteiger partial charge in [0.25, 0.3) is 0 Å². The molecule has 23 heavy (non-hydrogen) atoms. The number of rotatable bonds is 11. The molecule has 1 aliphatic heterocycles. The average Bonchev–Trinajstić information content (AvgIpc) is 2.78. The third-order valence-corrected chi connectivity index (χ3v) is 4.42. The lowest BCUT2D eigenvalue weighted by molar-refractivity contribution is -0.139. The molecule has 1 fully saturated rings. The van der Waals surface area contributed by atoms with E-state index in [9.17, 15) is 14.4 Å². The second kappa shape index (κ2) is 10.4. The van der Waals surface area contributed by atoms with E-state index in [1.165, 1.54) is 24.2 Å². The molecule has 5 heteroatoms. The van der Waals surface area contributed by atoms with E-state index in [2.05, 4.69) is 19.2 Å². The highest BCUT2D eigenvalue weighted by molar-refractivity contribution is 6.03. The fourth-order valence-electron chi connectivity index (χ4n) is 2.87. The van der Waals surface area contributed by atoms with Crippen molar-refractivity contribution in [2.45, 2.75) is 72.1 Å². The van der Waals surface area contributed by atoms with Crippen LogP contribution in [0.2, 0.25) is 0 Å². The SMILES string of the molecule is CCC1CC(=O)N(CCC(=O)NCCCCCCC(C)C)C1=O. The van der Waals surface area contributed by atoms with Crippen LogP contribution in [0.15, 0.2) is 0 Å². The zero-order valence-corrected chi connectivity index (χ0v) is 14.9. The Hall–Kier alpha value is -1.39. The number of amides is 3. The standard InChI is InChI=1S/C18H32N2O3/c1-4-15-13-17(22)20(18(15)23)12-10-16(21)19-11-8-6-5-7-9-14(2)3/h14-15H,4-13H2,1-3H3,(H,19,21). The molecule has 132 valence electrons. The summed E-state index contributed by atoms with van der Waals surface area (Å²) in [6.07, 6.45) is 7.05. The zero-order valence-electron chi connectivity index (χ0n) is 14.9. The third kappa shape index (κ3) is 7.14. The van der Waals surface area contributed by atoms with E-state index >= 15 is 0 Å². The lowest BCUT2D eigenvalue weighted by Gasteiger charge is -2.14. The van der Waals surface area contributed by atoms with Gasteiger partial charge >= 0.3 is 0 Å². The molecule has 5 nitrogen and oxygen atoms in total. The first kappa shape index (κ1) is 19.7. The smallest absolute Gasteiger partial charge is 0.232 e. The van der Waals surface area contributed by atoms with E-state index < -0.39 is 0 Å². The van der Waals surface area contributed by atoms with Crippen LogP contribution in [0.3, 0.4) is 0 Å². The maximum atomic E-state index is 11.9. The topological polar surface area (TPSA) is 66.5 Å². The summed E-state index contributed by atoms with van der Waals surface area (Å²) in [6.45, 7) is 7.28. The van der Waals surface area contributed by atoms with Gasteiger partial charge in [-0.05, 0) is 18.8 Å². The minimum absolute atomic E-state index is 0.0762. The Morgan fingerprint density at radius 2 is 1.91 bits per heavy atom. The van der Waals surface area contributed by atoms with E-state index in [4.69, 9.17) is 0 Å². The Morgan fingerprint density at radius 1 is 1.22 bits per heavy atom. The average molecular weight is 324 g/mol. The molecule has 3 amide bonds. The lowest BCUT2D eigenvalue weighted by Crippen LogP contribution is -2.35. The summed E-state index contributed by atoms with van der Waals surface area (Å²) in [5, 5.41) is 2.87. The van der Waals surface area contributed by atoms with Crippen molar-refractivity contribution in [1.82, 2.24) is 10.2 Å². The number of unbranched alkanes of at least 4 members (excludes halogenated alkanes) is 3. The summed E-state index contributed by atoms with van der Waals surface area (Å²) >= 11 is 0. The molecule has 0 aromatic heterocycles. The molecule has 1 heterocycles. The van der Waals surface area contributed by atoms with Crippen LogP contribution in [-0.4, -0.2) is 35.7 Å².